The minimum Gasteiger partial charge on any atom is -0.481 e. The van der Waals surface area contributed by atoms with E-state index in [1.807, 2.05) is 6.08 Å². The molecule has 6 atom stereocenters. The Kier molecular flexibility index (Phi) is 5.35. The Morgan fingerprint density at radius 3 is 2.52 bits per heavy atom. The molecule has 3 aliphatic carbocycles. The summed E-state index contributed by atoms with van der Waals surface area (Å²) in [7, 11) is 0. The van der Waals surface area contributed by atoms with E-state index < -0.39 is 11.6 Å². The molecule has 0 amide bonds. The molecule has 0 saturated heterocycles. The van der Waals surface area contributed by atoms with Gasteiger partial charge in [-0.2, -0.15) is 0 Å². The standard InChI is InChI=1S/C23H36O4/c1-15-14-17(24)7-11-21(15,3)18-6-5-10-22(4)19(16(18)2)8-12-23(22,27)13-9-20(25)26/h14,16,18-19,27H,5-13H2,1-4H3,(H,25,26). The van der Waals surface area contributed by atoms with Gasteiger partial charge in [-0.3, -0.25) is 9.59 Å². The molecule has 0 spiro atoms. The molecule has 0 aromatic rings. The predicted octanol–water partition coefficient (Wildman–Crippen LogP) is 4.75. The van der Waals surface area contributed by atoms with Crippen molar-refractivity contribution in [2.45, 2.75) is 91.1 Å². The Bertz CT molecular complexity index is 653. The lowest BCUT2D eigenvalue weighted by molar-refractivity contribution is -0.141. The van der Waals surface area contributed by atoms with Crippen LogP contribution in [0, 0.1) is 28.6 Å². The molecular formula is C23H36O4. The maximum atomic E-state index is 11.9. The van der Waals surface area contributed by atoms with Crippen molar-refractivity contribution in [3.63, 3.8) is 0 Å². The second-order valence-corrected chi connectivity index (χ2v) is 10.1. The average Bonchev–Trinajstić information content (AvgIpc) is 2.76. The molecule has 0 aromatic heterocycles. The first-order valence-corrected chi connectivity index (χ1v) is 10.7. The zero-order chi connectivity index (χ0) is 20.0. The number of hydrogen-bond acceptors (Lipinski definition) is 3. The second-order valence-electron chi connectivity index (χ2n) is 10.1. The zero-order valence-electron chi connectivity index (χ0n) is 17.4. The van der Waals surface area contributed by atoms with Crippen LogP contribution in [0.15, 0.2) is 11.6 Å². The number of aliphatic hydroxyl groups is 1. The predicted molar refractivity (Wildman–Crippen MR) is 105 cm³/mol. The topological polar surface area (TPSA) is 74.6 Å². The van der Waals surface area contributed by atoms with Crippen LogP contribution in [0.2, 0.25) is 0 Å². The summed E-state index contributed by atoms with van der Waals surface area (Å²) >= 11 is 0. The van der Waals surface area contributed by atoms with Gasteiger partial charge in [0.1, 0.15) is 0 Å². The Labute approximate surface area is 163 Å². The normalized spacial score (nSPS) is 45.1. The third-order valence-corrected chi connectivity index (χ3v) is 8.97. The molecule has 3 rings (SSSR count). The van der Waals surface area contributed by atoms with Crippen LogP contribution in [0.4, 0.5) is 0 Å². The number of hydrogen-bond donors (Lipinski definition) is 2. The van der Waals surface area contributed by atoms with Gasteiger partial charge in [0.2, 0.25) is 0 Å². The lowest BCUT2D eigenvalue weighted by Gasteiger charge is -2.48. The van der Waals surface area contributed by atoms with Gasteiger partial charge >= 0.3 is 5.97 Å². The summed E-state index contributed by atoms with van der Waals surface area (Å²) in [6, 6.07) is 0. The fourth-order valence-corrected chi connectivity index (χ4v) is 7.00. The van der Waals surface area contributed by atoms with Gasteiger partial charge in [-0.25, -0.2) is 0 Å². The maximum Gasteiger partial charge on any atom is 0.303 e. The minimum absolute atomic E-state index is 0.0400. The van der Waals surface area contributed by atoms with Crippen LogP contribution >= 0.6 is 0 Å². The lowest BCUT2D eigenvalue weighted by Crippen LogP contribution is -2.47. The average molecular weight is 377 g/mol. The number of fused-ring (bicyclic) bond motifs is 1. The van der Waals surface area contributed by atoms with Crippen molar-refractivity contribution < 1.29 is 19.8 Å². The first-order valence-electron chi connectivity index (χ1n) is 10.7. The molecule has 152 valence electrons. The van der Waals surface area contributed by atoms with Gasteiger partial charge in [-0.05, 0) is 80.1 Å². The van der Waals surface area contributed by atoms with Crippen molar-refractivity contribution in [3.8, 4) is 0 Å². The highest BCUT2D eigenvalue weighted by atomic mass is 16.4. The van der Waals surface area contributed by atoms with E-state index in [1.54, 1.807) is 0 Å². The molecule has 4 nitrogen and oxygen atoms in total. The summed E-state index contributed by atoms with van der Waals surface area (Å²) < 4.78 is 0. The van der Waals surface area contributed by atoms with E-state index in [9.17, 15) is 14.7 Å². The fourth-order valence-electron chi connectivity index (χ4n) is 7.00. The van der Waals surface area contributed by atoms with Gasteiger partial charge < -0.3 is 10.2 Å². The molecule has 6 unspecified atom stereocenters. The van der Waals surface area contributed by atoms with Crippen LogP contribution < -0.4 is 0 Å². The number of allylic oxidation sites excluding steroid dienone is 2. The molecule has 3 aliphatic rings. The van der Waals surface area contributed by atoms with E-state index in [0.717, 1.165) is 32.1 Å². The summed E-state index contributed by atoms with van der Waals surface area (Å²) in [6.45, 7) is 9.00. The number of carbonyl (C=O) groups is 2. The number of rotatable bonds is 4. The van der Waals surface area contributed by atoms with Crippen LogP contribution in [0.5, 0.6) is 0 Å². The highest BCUT2D eigenvalue weighted by Gasteiger charge is 2.60. The highest BCUT2D eigenvalue weighted by molar-refractivity contribution is 5.91. The number of carboxylic acid groups (broad SMARTS) is 1. The van der Waals surface area contributed by atoms with E-state index in [4.69, 9.17) is 5.11 Å². The van der Waals surface area contributed by atoms with Gasteiger partial charge in [0.15, 0.2) is 5.78 Å². The molecule has 0 aliphatic heterocycles. The molecule has 0 heterocycles. The van der Waals surface area contributed by atoms with Gasteiger partial charge in [-0.1, -0.05) is 32.8 Å². The lowest BCUT2D eigenvalue weighted by atomic mass is 9.57. The molecular weight excluding hydrogens is 340 g/mol. The largest absolute Gasteiger partial charge is 0.481 e. The van der Waals surface area contributed by atoms with Crippen LogP contribution in [0.25, 0.3) is 0 Å². The van der Waals surface area contributed by atoms with E-state index in [2.05, 4.69) is 27.7 Å². The number of aliphatic carboxylic acids is 1. The van der Waals surface area contributed by atoms with Crippen molar-refractivity contribution in [2.24, 2.45) is 28.6 Å². The number of carboxylic acids is 1. The monoisotopic (exact) mass is 376 g/mol. The van der Waals surface area contributed by atoms with E-state index >= 15 is 0 Å². The van der Waals surface area contributed by atoms with Crippen LogP contribution in [-0.4, -0.2) is 27.6 Å². The van der Waals surface area contributed by atoms with Crippen LogP contribution in [-0.2, 0) is 9.59 Å². The van der Waals surface area contributed by atoms with Crippen molar-refractivity contribution in [2.75, 3.05) is 0 Å². The summed E-state index contributed by atoms with van der Waals surface area (Å²) in [5.41, 5.74) is 0.196. The van der Waals surface area contributed by atoms with Crippen molar-refractivity contribution >= 4 is 11.8 Å². The first-order chi connectivity index (χ1) is 12.5. The molecule has 2 N–H and O–H groups in total. The van der Waals surface area contributed by atoms with Crippen LogP contribution in [0.1, 0.15) is 85.5 Å². The number of ketones is 1. The van der Waals surface area contributed by atoms with Crippen molar-refractivity contribution in [3.05, 3.63) is 11.6 Å². The molecule has 2 fully saturated rings. The smallest absolute Gasteiger partial charge is 0.303 e. The Hall–Kier alpha value is -1.16. The third kappa shape index (κ3) is 3.28. The molecule has 27 heavy (non-hydrogen) atoms. The van der Waals surface area contributed by atoms with Gasteiger partial charge in [0, 0.05) is 12.8 Å². The zero-order valence-corrected chi connectivity index (χ0v) is 17.4. The summed E-state index contributed by atoms with van der Waals surface area (Å²) in [5, 5.41) is 20.6. The Morgan fingerprint density at radius 2 is 1.89 bits per heavy atom. The molecule has 4 heteroatoms. The molecule has 0 aromatic carbocycles. The Balaban J connectivity index is 1.89. The van der Waals surface area contributed by atoms with Gasteiger partial charge in [-0.15, -0.1) is 0 Å². The van der Waals surface area contributed by atoms with Gasteiger partial charge in [0.25, 0.3) is 0 Å². The Morgan fingerprint density at radius 1 is 1.19 bits per heavy atom. The summed E-state index contributed by atoms with van der Waals surface area (Å²) in [6.07, 6.45) is 8.66. The van der Waals surface area contributed by atoms with Crippen LogP contribution in [0.3, 0.4) is 0 Å². The molecule has 2 saturated carbocycles. The molecule has 0 bridgehead atoms. The first kappa shape index (κ1) is 20.6. The summed E-state index contributed by atoms with van der Waals surface area (Å²) in [4.78, 5) is 23.0. The van der Waals surface area contributed by atoms with E-state index in [0.29, 0.717) is 37.0 Å². The van der Waals surface area contributed by atoms with Crippen molar-refractivity contribution in [1.29, 1.82) is 0 Å². The maximum absolute atomic E-state index is 11.9. The third-order valence-electron chi connectivity index (χ3n) is 8.97. The SMILES string of the molecule is CC1=CC(=O)CCC1(C)C1CCCC2(C)C(CCC2(O)CCC(=O)O)C1C. The van der Waals surface area contributed by atoms with Crippen molar-refractivity contribution in [1.82, 2.24) is 0 Å². The van der Waals surface area contributed by atoms with E-state index in [-0.39, 0.29) is 23.0 Å². The fraction of sp³-hybridized carbons (Fsp3) is 0.826. The molecule has 0 radical (unpaired) electrons. The van der Waals surface area contributed by atoms with Gasteiger partial charge in [0.05, 0.1) is 5.60 Å². The van der Waals surface area contributed by atoms with E-state index in [1.165, 1.54) is 5.57 Å². The highest BCUT2D eigenvalue weighted by Crippen LogP contribution is 2.63. The quantitative estimate of drug-likeness (QED) is 0.742. The second kappa shape index (κ2) is 7.02. The number of carbonyl (C=O) groups excluding carboxylic acids is 1. The minimum atomic E-state index is -0.868. The summed E-state index contributed by atoms with van der Waals surface area (Å²) in [5.74, 6) is 0.801.